The van der Waals surface area contributed by atoms with E-state index >= 15 is 0 Å². The summed E-state index contributed by atoms with van der Waals surface area (Å²) in [4.78, 5) is 11.1. The molecule has 0 spiro atoms. The van der Waals surface area contributed by atoms with E-state index in [1.54, 1.807) is 0 Å². The number of hydrogen-bond donors (Lipinski definition) is 1. The summed E-state index contributed by atoms with van der Waals surface area (Å²) in [7, 11) is 0. The monoisotopic (exact) mass is 240 g/mol. The number of carboxylic acids is 1. The molecule has 0 saturated heterocycles. The molecule has 2 aliphatic carbocycles. The molecule has 2 fully saturated rings. The minimum absolute atomic E-state index is 0.0248. The third kappa shape index (κ3) is 3.70. The maximum absolute atomic E-state index is 11.1. The quantitative estimate of drug-likeness (QED) is 0.820. The molecule has 2 unspecified atom stereocenters. The molecule has 2 saturated carbocycles. The van der Waals surface area contributed by atoms with Crippen molar-refractivity contribution >= 4 is 5.97 Å². The average Bonchev–Trinajstić information content (AvgIpc) is 2.38. The van der Waals surface area contributed by atoms with Gasteiger partial charge >= 0.3 is 5.97 Å². The Morgan fingerprint density at radius 2 is 1.65 bits per heavy atom. The average molecular weight is 240 g/mol. The van der Waals surface area contributed by atoms with Crippen LogP contribution in [0.25, 0.3) is 0 Å². The van der Waals surface area contributed by atoms with Crippen LogP contribution in [0.15, 0.2) is 0 Å². The second-order valence-corrected chi connectivity index (χ2v) is 5.61. The van der Waals surface area contributed by atoms with Crippen molar-refractivity contribution in [1.29, 1.82) is 0 Å². The van der Waals surface area contributed by atoms with E-state index in [2.05, 4.69) is 0 Å². The van der Waals surface area contributed by atoms with Gasteiger partial charge in [-0.05, 0) is 31.6 Å². The summed E-state index contributed by atoms with van der Waals surface area (Å²) in [6.45, 7) is 0.786. The molecule has 0 amide bonds. The fourth-order valence-electron chi connectivity index (χ4n) is 3.19. The van der Waals surface area contributed by atoms with E-state index in [4.69, 9.17) is 9.84 Å². The third-order valence-electron chi connectivity index (χ3n) is 4.29. The van der Waals surface area contributed by atoms with Gasteiger partial charge in [-0.1, -0.05) is 32.1 Å². The summed E-state index contributed by atoms with van der Waals surface area (Å²) in [5, 5.41) is 9.17. The molecule has 2 rings (SSSR count). The topological polar surface area (TPSA) is 46.5 Å². The SMILES string of the molecule is O=C(O)C1CCCCC1OCC1CCCCC1. The van der Waals surface area contributed by atoms with Gasteiger partial charge in [-0.25, -0.2) is 0 Å². The van der Waals surface area contributed by atoms with Crippen molar-refractivity contribution in [1.82, 2.24) is 0 Å². The van der Waals surface area contributed by atoms with E-state index in [9.17, 15) is 4.79 Å². The van der Waals surface area contributed by atoms with Crippen LogP contribution in [-0.2, 0) is 9.53 Å². The predicted octanol–water partition coefficient (Wildman–Crippen LogP) is 3.23. The third-order valence-corrected chi connectivity index (χ3v) is 4.29. The van der Waals surface area contributed by atoms with Crippen molar-refractivity contribution < 1.29 is 14.6 Å². The van der Waals surface area contributed by atoms with E-state index in [1.807, 2.05) is 0 Å². The van der Waals surface area contributed by atoms with Crippen molar-refractivity contribution in [2.45, 2.75) is 63.9 Å². The summed E-state index contributed by atoms with van der Waals surface area (Å²) in [5.41, 5.74) is 0. The van der Waals surface area contributed by atoms with Crippen LogP contribution in [0, 0.1) is 11.8 Å². The lowest BCUT2D eigenvalue weighted by Crippen LogP contribution is -2.34. The molecular formula is C14H24O3. The van der Waals surface area contributed by atoms with Gasteiger partial charge < -0.3 is 9.84 Å². The minimum Gasteiger partial charge on any atom is -0.481 e. The minimum atomic E-state index is -0.668. The molecule has 0 aromatic heterocycles. The van der Waals surface area contributed by atoms with Gasteiger partial charge in [0.1, 0.15) is 0 Å². The molecule has 0 heterocycles. The molecule has 2 atom stereocenters. The van der Waals surface area contributed by atoms with Gasteiger partial charge in [0.25, 0.3) is 0 Å². The second-order valence-electron chi connectivity index (χ2n) is 5.61. The van der Waals surface area contributed by atoms with Gasteiger partial charge in [0, 0.05) is 6.61 Å². The zero-order valence-corrected chi connectivity index (χ0v) is 10.6. The fraction of sp³-hybridized carbons (Fsp3) is 0.929. The second kappa shape index (κ2) is 6.39. The van der Waals surface area contributed by atoms with E-state index in [0.717, 1.165) is 32.3 Å². The molecule has 0 aromatic rings. The number of rotatable bonds is 4. The first-order valence-corrected chi connectivity index (χ1v) is 7.12. The van der Waals surface area contributed by atoms with E-state index in [0.29, 0.717) is 5.92 Å². The zero-order chi connectivity index (χ0) is 12.1. The van der Waals surface area contributed by atoms with Gasteiger partial charge in [-0.2, -0.15) is 0 Å². The lowest BCUT2D eigenvalue weighted by Gasteiger charge is -2.31. The van der Waals surface area contributed by atoms with E-state index in [-0.39, 0.29) is 12.0 Å². The smallest absolute Gasteiger partial charge is 0.309 e. The van der Waals surface area contributed by atoms with Crippen molar-refractivity contribution in [2.75, 3.05) is 6.61 Å². The lowest BCUT2D eigenvalue weighted by atomic mass is 9.86. The highest BCUT2D eigenvalue weighted by atomic mass is 16.5. The molecule has 0 aromatic carbocycles. The summed E-state index contributed by atoms with van der Waals surface area (Å²) in [6, 6.07) is 0. The first-order chi connectivity index (χ1) is 8.27. The molecule has 98 valence electrons. The molecular weight excluding hydrogens is 216 g/mol. The Bertz CT molecular complexity index is 246. The van der Waals surface area contributed by atoms with Gasteiger partial charge in [0.15, 0.2) is 0 Å². The van der Waals surface area contributed by atoms with E-state index < -0.39 is 5.97 Å². The highest BCUT2D eigenvalue weighted by molar-refractivity contribution is 5.70. The molecule has 0 aliphatic heterocycles. The lowest BCUT2D eigenvalue weighted by molar-refractivity contribution is -0.150. The van der Waals surface area contributed by atoms with Crippen LogP contribution in [0.2, 0.25) is 0 Å². The van der Waals surface area contributed by atoms with Gasteiger partial charge in [-0.3, -0.25) is 4.79 Å². The van der Waals surface area contributed by atoms with Crippen LogP contribution in [0.3, 0.4) is 0 Å². The largest absolute Gasteiger partial charge is 0.481 e. The van der Waals surface area contributed by atoms with E-state index in [1.165, 1.54) is 32.1 Å². The highest BCUT2D eigenvalue weighted by Crippen LogP contribution is 2.29. The van der Waals surface area contributed by atoms with Crippen molar-refractivity contribution in [3.8, 4) is 0 Å². The molecule has 0 bridgehead atoms. The Morgan fingerprint density at radius 1 is 1.00 bits per heavy atom. The molecule has 1 N–H and O–H groups in total. The first kappa shape index (κ1) is 12.9. The zero-order valence-electron chi connectivity index (χ0n) is 10.6. The standard InChI is InChI=1S/C14H24O3/c15-14(16)12-8-4-5-9-13(12)17-10-11-6-2-1-3-7-11/h11-13H,1-10H2,(H,15,16). The fourth-order valence-corrected chi connectivity index (χ4v) is 3.19. The van der Waals surface area contributed by atoms with Crippen molar-refractivity contribution in [2.24, 2.45) is 11.8 Å². The maximum Gasteiger partial charge on any atom is 0.309 e. The molecule has 2 aliphatic rings. The van der Waals surface area contributed by atoms with Crippen LogP contribution in [0.4, 0.5) is 0 Å². The summed E-state index contributed by atoms with van der Waals surface area (Å²) >= 11 is 0. The predicted molar refractivity (Wildman–Crippen MR) is 65.9 cm³/mol. The number of carbonyl (C=O) groups is 1. The number of hydrogen-bond acceptors (Lipinski definition) is 2. The Morgan fingerprint density at radius 3 is 2.35 bits per heavy atom. The number of carboxylic acid groups (broad SMARTS) is 1. The van der Waals surface area contributed by atoms with Gasteiger partial charge in [-0.15, -0.1) is 0 Å². The summed E-state index contributed by atoms with van der Waals surface area (Å²) in [6.07, 6.45) is 10.4. The van der Waals surface area contributed by atoms with Gasteiger partial charge in [0.05, 0.1) is 12.0 Å². The van der Waals surface area contributed by atoms with Gasteiger partial charge in [0.2, 0.25) is 0 Å². The molecule has 0 radical (unpaired) electrons. The number of aliphatic carboxylic acids is 1. The maximum atomic E-state index is 11.1. The number of ether oxygens (including phenoxy) is 1. The summed E-state index contributed by atoms with van der Waals surface area (Å²) < 4.78 is 5.92. The Labute approximate surface area is 104 Å². The first-order valence-electron chi connectivity index (χ1n) is 7.12. The van der Waals surface area contributed by atoms with Crippen LogP contribution >= 0.6 is 0 Å². The van der Waals surface area contributed by atoms with Crippen LogP contribution in [0.1, 0.15) is 57.8 Å². The van der Waals surface area contributed by atoms with Crippen LogP contribution < -0.4 is 0 Å². The van der Waals surface area contributed by atoms with Crippen LogP contribution in [0.5, 0.6) is 0 Å². The normalized spacial score (nSPS) is 31.3. The Hall–Kier alpha value is -0.570. The Balaban J connectivity index is 1.77. The molecule has 3 nitrogen and oxygen atoms in total. The highest BCUT2D eigenvalue weighted by Gasteiger charge is 2.32. The van der Waals surface area contributed by atoms with Crippen LogP contribution in [-0.4, -0.2) is 23.8 Å². The van der Waals surface area contributed by atoms with Crippen molar-refractivity contribution in [3.05, 3.63) is 0 Å². The molecule has 3 heteroatoms. The molecule has 17 heavy (non-hydrogen) atoms. The van der Waals surface area contributed by atoms with Crippen molar-refractivity contribution in [3.63, 3.8) is 0 Å². The summed E-state index contributed by atoms with van der Waals surface area (Å²) in [5.74, 6) is -0.245. The Kier molecular flexibility index (Phi) is 4.84.